The monoisotopic (exact) mass is 413 g/mol. The first-order valence-electron chi connectivity index (χ1n) is 9.62. The van der Waals surface area contributed by atoms with E-state index in [-0.39, 0.29) is 12.2 Å². The molecule has 1 aliphatic carbocycles. The Balaban J connectivity index is 2.14. The number of rotatable bonds is 7. The lowest BCUT2D eigenvalue weighted by Gasteiger charge is -2.30. The van der Waals surface area contributed by atoms with Gasteiger partial charge in [-0.05, 0) is 48.6 Å². The molecule has 1 unspecified atom stereocenters. The minimum Gasteiger partial charge on any atom is -0.443 e. The Bertz CT molecular complexity index is 1060. The van der Waals surface area contributed by atoms with Crippen LogP contribution in [0, 0.1) is 0 Å². The highest BCUT2D eigenvalue weighted by atomic mass is 32.1. The number of nitrogens with zero attached hydrogens (tertiary/aromatic N) is 1. The molecule has 0 saturated carbocycles. The fourth-order valence-electron chi connectivity index (χ4n) is 3.05. The fourth-order valence-corrected chi connectivity index (χ4v) is 3.65. The van der Waals surface area contributed by atoms with Gasteiger partial charge in [0, 0.05) is 23.5 Å². The lowest BCUT2D eigenvalue weighted by atomic mass is 9.90. The van der Waals surface area contributed by atoms with E-state index in [1.165, 1.54) is 24.3 Å². The third kappa shape index (κ3) is 4.29. The number of aryl methyl sites for hydroxylation is 1. The number of esters is 2. The van der Waals surface area contributed by atoms with E-state index in [1.807, 2.05) is 6.07 Å². The Morgan fingerprint density at radius 3 is 2.72 bits per heavy atom. The largest absolute Gasteiger partial charge is 0.443 e. The van der Waals surface area contributed by atoms with Gasteiger partial charge in [0.25, 0.3) is 0 Å². The molecule has 2 aromatic rings. The summed E-state index contributed by atoms with van der Waals surface area (Å²) in [5, 5.41) is 2.84. The maximum Gasteiger partial charge on any atom is 0.353 e. The van der Waals surface area contributed by atoms with Crippen LogP contribution in [-0.2, 0) is 25.5 Å². The van der Waals surface area contributed by atoms with Gasteiger partial charge in [0.1, 0.15) is 4.88 Å². The number of ketones is 1. The van der Waals surface area contributed by atoms with E-state index in [2.05, 4.69) is 11.9 Å². The number of ether oxygens (including phenoxy) is 2. The second-order valence-electron chi connectivity index (χ2n) is 6.93. The maximum atomic E-state index is 13.0. The zero-order valence-electron chi connectivity index (χ0n) is 16.7. The van der Waals surface area contributed by atoms with Crippen molar-refractivity contribution in [3.8, 4) is 0 Å². The molecule has 2 heterocycles. The van der Waals surface area contributed by atoms with Crippen molar-refractivity contribution >= 4 is 40.9 Å². The van der Waals surface area contributed by atoms with Crippen LogP contribution < -0.4 is 10.4 Å². The smallest absolute Gasteiger partial charge is 0.353 e. The van der Waals surface area contributed by atoms with Crippen LogP contribution in [0.25, 0.3) is 11.8 Å². The van der Waals surface area contributed by atoms with Crippen LogP contribution in [0.5, 0.6) is 0 Å². The molecule has 0 N–H and O–H groups in total. The molecule has 1 aliphatic rings. The average molecular weight is 413 g/mol. The first kappa shape index (κ1) is 20.9. The zero-order valence-corrected chi connectivity index (χ0v) is 17.5. The number of hydrogen-bond donors (Lipinski definition) is 0. The fraction of sp³-hybridized carbons (Fsp3) is 0.364. The van der Waals surface area contributed by atoms with Gasteiger partial charge in [-0.15, -0.1) is 11.3 Å². The van der Waals surface area contributed by atoms with Crippen molar-refractivity contribution in [2.75, 3.05) is 0 Å². The number of carbonyl (C=O) groups excluding carboxylic acids is 3. The summed E-state index contributed by atoms with van der Waals surface area (Å²) in [7, 11) is 0. The molecule has 0 bridgehead atoms. The first-order valence-corrected chi connectivity index (χ1v) is 10.5. The minimum atomic E-state index is -1.72. The van der Waals surface area contributed by atoms with Crippen LogP contribution in [0.1, 0.15) is 55.4 Å². The molecule has 152 valence electrons. The SMILES string of the molecule is CCCCc1cc2c(cn1)=C(OC(=O)c1cccs1)C(C)(OC(=O)CC)C(=O)C=2. The molecular weight excluding hydrogens is 390 g/mol. The first-order chi connectivity index (χ1) is 13.9. The van der Waals surface area contributed by atoms with E-state index >= 15 is 0 Å². The Morgan fingerprint density at radius 2 is 2.07 bits per heavy atom. The number of carbonyl (C=O) groups is 3. The van der Waals surface area contributed by atoms with Gasteiger partial charge in [0.05, 0.1) is 0 Å². The molecule has 29 heavy (non-hydrogen) atoms. The predicted octanol–water partition coefficient (Wildman–Crippen LogP) is 2.53. The number of unbranched alkanes of at least 4 members (excludes halogenated alkanes) is 1. The number of thiophene rings is 1. The van der Waals surface area contributed by atoms with Crippen LogP contribution >= 0.6 is 11.3 Å². The third-order valence-electron chi connectivity index (χ3n) is 4.74. The summed E-state index contributed by atoms with van der Waals surface area (Å²) in [6, 6.07) is 5.19. The van der Waals surface area contributed by atoms with Crippen molar-refractivity contribution in [3.63, 3.8) is 0 Å². The van der Waals surface area contributed by atoms with Crippen LogP contribution in [0.4, 0.5) is 0 Å². The standard InChI is InChI=1S/C22H23NO5S/c1-4-6-8-15-11-14-12-18(24)22(3,28-19(25)5-2)20(16(14)13-23-15)27-21(26)17-9-7-10-29-17/h7,9-13H,4-6,8H2,1-3H3. The molecule has 7 heteroatoms. The second kappa shape index (κ2) is 8.69. The lowest BCUT2D eigenvalue weighted by molar-refractivity contribution is -0.159. The van der Waals surface area contributed by atoms with E-state index in [0.717, 1.165) is 25.0 Å². The van der Waals surface area contributed by atoms with Crippen molar-refractivity contribution in [3.05, 3.63) is 50.8 Å². The molecule has 0 spiro atoms. The van der Waals surface area contributed by atoms with Gasteiger partial charge >= 0.3 is 11.9 Å². The molecule has 0 fully saturated rings. The summed E-state index contributed by atoms with van der Waals surface area (Å²) < 4.78 is 11.1. The normalized spacial score (nSPS) is 18.0. The van der Waals surface area contributed by atoms with Crippen molar-refractivity contribution in [2.24, 2.45) is 0 Å². The van der Waals surface area contributed by atoms with Crippen molar-refractivity contribution < 1.29 is 23.9 Å². The number of pyridine rings is 1. The topological polar surface area (TPSA) is 82.6 Å². The van der Waals surface area contributed by atoms with Crippen molar-refractivity contribution in [1.29, 1.82) is 0 Å². The van der Waals surface area contributed by atoms with Crippen LogP contribution in [0.3, 0.4) is 0 Å². The summed E-state index contributed by atoms with van der Waals surface area (Å²) >= 11 is 1.23. The molecule has 1 atom stereocenters. The summed E-state index contributed by atoms with van der Waals surface area (Å²) in [5.74, 6) is -1.62. The summed E-state index contributed by atoms with van der Waals surface area (Å²) in [4.78, 5) is 42.5. The molecule has 0 saturated heterocycles. The Labute approximate surface area is 172 Å². The molecule has 2 aromatic heterocycles. The van der Waals surface area contributed by atoms with Gasteiger partial charge in [-0.2, -0.15) is 0 Å². The van der Waals surface area contributed by atoms with Crippen molar-refractivity contribution in [2.45, 2.75) is 52.1 Å². The molecular formula is C22H23NO5S. The zero-order chi connectivity index (χ0) is 21.0. The summed E-state index contributed by atoms with van der Waals surface area (Å²) in [5.41, 5.74) is -0.868. The number of Topliss-reactive ketones (excluding diaryl/α,β-unsaturated/α-hetero) is 1. The van der Waals surface area contributed by atoms with Crippen LogP contribution in [0.2, 0.25) is 0 Å². The minimum absolute atomic E-state index is 0.00487. The van der Waals surface area contributed by atoms with E-state index < -0.39 is 23.3 Å². The third-order valence-corrected chi connectivity index (χ3v) is 5.59. The molecule has 0 aliphatic heterocycles. The summed E-state index contributed by atoms with van der Waals surface area (Å²) in [6.45, 7) is 5.18. The number of aromatic nitrogens is 1. The van der Waals surface area contributed by atoms with E-state index in [9.17, 15) is 14.4 Å². The maximum absolute atomic E-state index is 13.0. The average Bonchev–Trinajstić information content (AvgIpc) is 3.24. The van der Waals surface area contributed by atoms with Gasteiger partial charge < -0.3 is 9.47 Å². The lowest BCUT2D eigenvalue weighted by Crippen LogP contribution is -2.51. The van der Waals surface area contributed by atoms with Gasteiger partial charge in [0.15, 0.2) is 5.76 Å². The second-order valence-corrected chi connectivity index (χ2v) is 7.88. The van der Waals surface area contributed by atoms with Gasteiger partial charge in [-0.25, -0.2) is 4.79 Å². The van der Waals surface area contributed by atoms with Gasteiger partial charge in [-0.3, -0.25) is 14.6 Å². The number of fused-ring (bicyclic) bond motifs is 1. The molecule has 0 radical (unpaired) electrons. The van der Waals surface area contributed by atoms with Crippen LogP contribution in [0.15, 0.2) is 29.8 Å². The van der Waals surface area contributed by atoms with Gasteiger partial charge in [0.2, 0.25) is 11.4 Å². The van der Waals surface area contributed by atoms with E-state index in [1.54, 1.807) is 30.6 Å². The quantitative estimate of drug-likeness (QED) is 0.649. The van der Waals surface area contributed by atoms with Crippen LogP contribution in [-0.4, -0.2) is 28.3 Å². The molecule has 6 nitrogen and oxygen atoms in total. The molecule has 0 amide bonds. The van der Waals surface area contributed by atoms with Gasteiger partial charge in [-0.1, -0.05) is 26.3 Å². The predicted molar refractivity (Wildman–Crippen MR) is 110 cm³/mol. The van der Waals surface area contributed by atoms with E-state index in [0.29, 0.717) is 15.3 Å². The Morgan fingerprint density at radius 1 is 1.28 bits per heavy atom. The highest BCUT2D eigenvalue weighted by molar-refractivity contribution is 7.12. The number of hydrogen-bond acceptors (Lipinski definition) is 7. The molecule has 0 aromatic carbocycles. The Kier molecular flexibility index (Phi) is 6.27. The van der Waals surface area contributed by atoms with E-state index in [4.69, 9.17) is 9.47 Å². The van der Waals surface area contributed by atoms with Crippen molar-refractivity contribution in [1.82, 2.24) is 4.98 Å². The Hall–Kier alpha value is -2.80. The highest BCUT2D eigenvalue weighted by Gasteiger charge is 2.45. The molecule has 3 rings (SSSR count). The summed E-state index contributed by atoms with van der Waals surface area (Å²) in [6.07, 6.45) is 5.91. The highest BCUT2D eigenvalue weighted by Crippen LogP contribution is 2.28.